The van der Waals surface area contributed by atoms with E-state index in [1.54, 1.807) is 0 Å². The number of benzene rings is 2. The quantitative estimate of drug-likeness (QED) is 0.374. The van der Waals surface area contributed by atoms with Crippen molar-refractivity contribution in [3.8, 4) is 0 Å². The van der Waals surface area contributed by atoms with Gasteiger partial charge in [0.1, 0.15) is 0 Å². The summed E-state index contributed by atoms with van der Waals surface area (Å²) < 4.78 is 0. The molecule has 0 fully saturated rings. The van der Waals surface area contributed by atoms with E-state index in [2.05, 4.69) is 144 Å². The number of rotatable bonds is 8. The van der Waals surface area contributed by atoms with Crippen LogP contribution in [0.4, 0.5) is 5.69 Å². The lowest BCUT2D eigenvalue weighted by molar-refractivity contribution is 0.629. The van der Waals surface area contributed by atoms with E-state index in [4.69, 9.17) is 0 Å². The molecule has 0 atom stereocenters. The van der Waals surface area contributed by atoms with Crippen LogP contribution in [0.1, 0.15) is 57.7 Å². The van der Waals surface area contributed by atoms with Crippen LogP contribution in [0.3, 0.4) is 0 Å². The Morgan fingerprint density at radius 3 is 2.30 bits per heavy atom. The van der Waals surface area contributed by atoms with Crippen LogP contribution in [0.15, 0.2) is 109 Å². The van der Waals surface area contributed by atoms with Crippen molar-refractivity contribution in [1.82, 2.24) is 0 Å². The van der Waals surface area contributed by atoms with Crippen molar-refractivity contribution >= 4 is 5.69 Å². The van der Waals surface area contributed by atoms with E-state index < -0.39 is 0 Å². The second-order valence-electron chi connectivity index (χ2n) is 9.94. The number of hydrogen-bond donors (Lipinski definition) is 0. The van der Waals surface area contributed by atoms with Gasteiger partial charge in [-0.05, 0) is 47.8 Å². The van der Waals surface area contributed by atoms with E-state index >= 15 is 0 Å². The minimum absolute atomic E-state index is 0.0125. The number of anilines is 1. The van der Waals surface area contributed by atoms with Gasteiger partial charge in [-0.2, -0.15) is 0 Å². The number of aryl methyl sites for hydroxylation is 1. The summed E-state index contributed by atoms with van der Waals surface area (Å²) >= 11 is 0. The summed E-state index contributed by atoms with van der Waals surface area (Å²) in [5.74, 6) is 0. The first-order valence-electron chi connectivity index (χ1n) is 12.1. The number of allylic oxidation sites excluding steroid dienone is 9. The fourth-order valence-electron chi connectivity index (χ4n) is 4.77. The SMILES string of the molecule is C=C(/C=C/C=C/C=C/C=C1/N(CCC)c2ccccc2C1(C)C)C(C)(C)c1ccccc1C. The predicted octanol–water partition coefficient (Wildman–Crippen LogP) is 8.59. The van der Waals surface area contributed by atoms with Gasteiger partial charge >= 0.3 is 0 Å². The number of hydrogen-bond acceptors (Lipinski definition) is 1. The normalized spacial score (nSPS) is 17.0. The largest absolute Gasteiger partial charge is 0.344 e. The maximum absolute atomic E-state index is 4.34. The Morgan fingerprint density at radius 1 is 0.939 bits per heavy atom. The maximum Gasteiger partial charge on any atom is 0.0450 e. The first-order valence-corrected chi connectivity index (χ1v) is 12.1. The van der Waals surface area contributed by atoms with Crippen molar-refractivity contribution in [3.05, 3.63) is 126 Å². The third kappa shape index (κ3) is 5.14. The van der Waals surface area contributed by atoms with E-state index in [1.807, 2.05) is 0 Å². The third-order valence-electron chi connectivity index (χ3n) is 6.86. The van der Waals surface area contributed by atoms with Crippen LogP contribution < -0.4 is 4.90 Å². The number of para-hydroxylation sites is 1. The molecule has 0 radical (unpaired) electrons. The molecule has 1 aliphatic rings. The average molecular weight is 438 g/mol. The molecule has 0 aromatic heterocycles. The van der Waals surface area contributed by atoms with E-state index in [-0.39, 0.29) is 10.8 Å². The first-order chi connectivity index (χ1) is 15.7. The fraction of sp³-hybridized carbons (Fsp3) is 0.312. The molecule has 1 heterocycles. The van der Waals surface area contributed by atoms with Gasteiger partial charge in [0.2, 0.25) is 0 Å². The molecular weight excluding hydrogens is 398 g/mol. The number of nitrogens with zero attached hydrogens (tertiary/aromatic N) is 1. The van der Waals surface area contributed by atoms with Gasteiger partial charge in [0.25, 0.3) is 0 Å². The third-order valence-corrected chi connectivity index (χ3v) is 6.86. The van der Waals surface area contributed by atoms with Gasteiger partial charge in [-0.15, -0.1) is 0 Å². The molecule has 2 aromatic carbocycles. The Balaban J connectivity index is 1.69. The van der Waals surface area contributed by atoms with Gasteiger partial charge in [-0.25, -0.2) is 0 Å². The summed E-state index contributed by atoms with van der Waals surface area (Å²) in [7, 11) is 0. The van der Waals surface area contributed by atoms with Crippen LogP contribution in [0.25, 0.3) is 0 Å². The van der Waals surface area contributed by atoms with Crippen molar-refractivity contribution in [2.24, 2.45) is 0 Å². The Labute approximate surface area is 201 Å². The van der Waals surface area contributed by atoms with Crippen molar-refractivity contribution in [2.45, 2.75) is 58.8 Å². The molecule has 0 aliphatic carbocycles. The fourth-order valence-corrected chi connectivity index (χ4v) is 4.77. The standard InChI is InChI=1S/C32H39N/c1-8-24-33-29-22-17-16-21-28(29)32(6,7)30(33)23-13-11-9-10-12-19-26(3)31(4,5)27-20-15-14-18-25(27)2/h9-23H,3,8,24H2,1-2,4-7H3/b10-9+,13-11+,19-12+,30-23+. The Bertz CT molecular complexity index is 1100. The lowest BCUT2D eigenvalue weighted by atomic mass is 9.76. The summed E-state index contributed by atoms with van der Waals surface area (Å²) in [6, 6.07) is 17.3. The molecule has 1 nitrogen and oxygen atoms in total. The van der Waals surface area contributed by atoms with Gasteiger partial charge in [0, 0.05) is 28.8 Å². The van der Waals surface area contributed by atoms with E-state index in [9.17, 15) is 0 Å². The molecule has 172 valence electrons. The molecule has 0 bridgehead atoms. The van der Waals surface area contributed by atoms with Crippen LogP contribution in [-0.4, -0.2) is 6.54 Å². The lowest BCUT2D eigenvalue weighted by Gasteiger charge is -2.28. The highest BCUT2D eigenvalue weighted by Gasteiger charge is 2.38. The van der Waals surface area contributed by atoms with Crippen molar-refractivity contribution in [1.29, 1.82) is 0 Å². The Hall–Kier alpha value is -3.06. The highest BCUT2D eigenvalue weighted by atomic mass is 15.2. The average Bonchev–Trinajstić information content (AvgIpc) is 3.00. The van der Waals surface area contributed by atoms with Gasteiger partial charge in [-0.1, -0.05) is 120 Å². The highest BCUT2D eigenvalue weighted by Crippen LogP contribution is 2.47. The first kappa shape index (κ1) is 24.6. The molecule has 0 spiro atoms. The second-order valence-corrected chi connectivity index (χ2v) is 9.94. The predicted molar refractivity (Wildman–Crippen MR) is 146 cm³/mol. The Morgan fingerprint density at radius 2 is 1.58 bits per heavy atom. The molecule has 0 saturated carbocycles. The summed E-state index contributed by atoms with van der Waals surface area (Å²) in [6.07, 6.45) is 16.0. The smallest absolute Gasteiger partial charge is 0.0450 e. The summed E-state index contributed by atoms with van der Waals surface area (Å²) in [5, 5.41) is 0. The summed E-state index contributed by atoms with van der Waals surface area (Å²) in [5.41, 5.74) is 7.76. The van der Waals surface area contributed by atoms with Crippen molar-refractivity contribution in [3.63, 3.8) is 0 Å². The van der Waals surface area contributed by atoms with E-state index in [0.717, 1.165) is 18.5 Å². The molecule has 0 unspecified atom stereocenters. The zero-order chi connectivity index (χ0) is 24.1. The van der Waals surface area contributed by atoms with Gasteiger partial charge in [-0.3, -0.25) is 0 Å². The topological polar surface area (TPSA) is 3.24 Å². The van der Waals surface area contributed by atoms with Crippen LogP contribution in [-0.2, 0) is 10.8 Å². The van der Waals surface area contributed by atoms with Gasteiger partial charge < -0.3 is 4.90 Å². The highest BCUT2D eigenvalue weighted by molar-refractivity contribution is 5.70. The van der Waals surface area contributed by atoms with Crippen molar-refractivity contribution < 1.29 is 0 Å². The molecule has 2 aromatic rings. The minimum atomic E-state index is -0.0955. The molecule has 0 N–H and O–H groups in total. The molecular formula is C32H39N. The summed E-state index contributed by atoms with van der Waals surface area (Å²) in [4.78, 5) is 2.47. The van der Waals surface area contributed by atoms with Crippen LogP contribution in [0, 0.1) is 6.92 Å². The zero-order valence-corrected chi connectivity index (χ0v) is 21.2. The minimum Gasteiger partial charge on any atom is -0.344 e. The van der Waals surface area contributed by atoms with E-state index in [0.29, 0.717) is 0 Å². The lowest BCUT2D eigenvalue weighted by Crippen LogP contribution is -2.26. The van der Waals surface area contributed by atoms with Crippen molar-refractivity contribution in [2.75, 3.05) is 11.4 Å². The molecule has 3 rings (SSSR count). The molecule has 1 heteroatoms. The molecule has 1 aliphatic heterocycles. The van der Waals surface area contributed by atoms with Crippen LogP contribution in [0.2, 0.25) is 0 Å². The van der Waals surface area contributed by atoms with Gasteiger partial charge in [0.05, 0.1) is 0 Å². The second kappa shape index (κ2) is 10.3. The monoisotopic (exact) mass is 437 g/mol. The zero-order valence-electron chi connectivity index (χ0n) is 21.2. The maximum atomic E-state index is 4.34. The number of fused-ring (bicyclic) bond motifs is 1. The molecule has 0 amide bonds. The summed E-state index contributed by atoms with van der Waals surface area (Å²) in [6.45, 7) is 18.9. The van der Waals surface area contributed by atoms with Crippen LogP contribution in [0.5, 0.6) is 0 Å². The van der Waals surface area contributed by atoms with E-state index in [1.165, 1.54) is 28.1 Å². The Kier molecular flexibility index (Phi) is 7.64. The molecule has 0 saturated heterocycles. The molecule has 33 heavy (non-hydrogen) atoms. The van der Waals surface area contributed by atoms with Crippen LogP contribution >= 0.6 is 0 Å². The van der Waals surface area contributed by atoms with Gasteiger partial charge in [0.15, 0.2) is 0 Å².